The first-order valence-electron chi connectivity index (χ1n) is 6.33. The second kappa shape index (κ2) is 5.55. The fourth-order valence-electron chi connectivity index (χ4n) is 2.74. The van der Waals surface area contributed by atoms with Gasteiger partial charge >= 0.3 is 0 Å². The Hall–Kier alpha value is 0.270. The fraction of sp³-hybridized carbons (Fsp3) is 1.00. The van der Waals surface area contributed by atoms with E-state index >= 15 is 0 Å². The Kier molecular flexibility index (Phi) is 4.35. The van der Waals surface area contributed by atoms with Gasteiger partial charge in [-0.15, -0.1) is 0 Å². The Bertz CT molecular complexity index is 192. The fourth-order valence-corrected chi connectivity index (χ4v) is 3.95. The summed E-state index contributed by atoms with van der Waals surface area (Å²) < 4.78 is 0. The highest BCUT2D eigenvalue weighted by Crippen LogP contribution is 2.28. The molecule has 1 heterocycles. The number of hydrogen-bond donors (Lipinski definition) is 1. The Morgan fingerprint density at radius 1 is 1.27 bits per heavy atom. The van der Waals surface area contributed by atoms with E-state index in [-0.39, 0.29) is 6.10 Å². The first kappa shape index (κ1) is 11.7. The largest absolute Gasteiger partial charge is 0.393 e. The van der Waals surface area contributed by atoms with Crippen LogP contribution in [0.5, 0.6) is 0 Å². The lowest BCUT2D eigenvalue weighted by molar-refractivity contribution is 0.0750. The predicted octanol–water partition coefficient (Wildman–Crippen LogP) is 2.12. The molecule has 2 nitrogen and oxygen atoms in total. The highest BCUT2D eigenvalue weighted by atomic mass is 32.2. The van der Waals surface area contributed by atoms with Gasteiger partial charge in [-0.05, 0) is 32.1 Å². The third kappa shape index (κ3) is 3.11. The smallest absolute Gasteiger partial charge is 0.0541 e. The number of nitrogens with zero attached hydrogens (tertiary/aromatic N) is 1. The molecule has 2 rings (SSSR count). The summed E-state index contributed by atoms with van der Waals surface area (Å²) in [4.78, 5) is 2.68. The predicted molar refractivity (Wildman–Crippen MR) is 66.4 cm³/mol. The van der Waals surface area contributed by atoms with E-state index in [1.807, 2.05) is 0 Å². The van der Waals surface area contributed by atoms with Crippen LogP contribution in [0.1, 0.15) is 39.0 Å². The molecule has 0 spiro atoms. The minimum Gasteiger partial charge on any atom is -0.393 e. The first-order valence-corrected chi connectivity index (χ1v) is 7.38. The molecule has 1 saturated carbocycles. The molecule has 0 radical (unpaired) electrons. The Morgan fingerprint density at radius 3 is 2.67 bits per heavy atom. The highest BCUT2D eigenvalue weighted by Gasteiger charge is 2.28. The number of thioether (sulfide) groups is 1. The summed E-state index contributed by atoms with van der Waals surface area (Å²) in [7, 11) is 0. The average Bonchev–Trinajstić information content (AvgIpc) is 2.30. The summed E-state index contributed by atoms with van der Waals surface area (Å²) >= 11 is 2.14. The monoisotopic (exact) mass is 229 g/mol. The molecule has 0 aromatic carbocycles. The van der Waals surface area contributed by atoms with Gasteiger partial charge in [0, 0.05) is 30.1 Å². The van der Waals surface area contributed by atoms with Gasteiger partial charge in [0.1, 0.15) is 0 Å². The zero-order chi connectivity index (χ0) is 10.7. The maximum atomic E-state index is 9.50. The van der Waals surface area contributed by atoms with E-state index in [0.29, 0.717) is 0 Å². The lowest BCUT2D eigenvalue weighted by Crippen LogP contribution is -2.46. The van der Waals surface area contributed by atoms with Gasteiger partial charge in [-0.1, -0.05) is 6.92 Å². The molecule has 2 aliphatic rings. The van der Waals surface area contributed by atoms with Gasteiger partial charge in [-0.25, -0.2) is 0 Å². The van der Waals surface area contributed by atoms with Crippen molar-refractivity contribution in [2.45, 2.75) is 56.4 Å². The van der Waals surface area contributed by atoms with Crippen LogP contribution in [0.25, 0.3) is 0 Å². The summed E-state index contributed by atoms with van der Waals surface area (Å²) in [6, 6.07) is 0.767. The molecule has 15 heavy (non-hydrogen) atoms. The minimum atomic E-state index is -0.0117. The van der Waals surface area contributed by atoms with Crippen molar-refractivity contribution in [2.75, 3.05) is 18.8 Å². The quantitative estimate of drug-likeness (QED) is 0.784. The zero-order valence-electron chi connectivity index (χ0n) is 9.69. The molecule has 88 valence electrons. The SMILES string of the molecule is CCC1CN(C2CCC(O)CC2)CCS1. The van der Waals surface area contributed by atoms with Crippen molar-refractivity contribution < 1.29 is 5.11 Å². The van der Waals surface area contributed by atoms with E-state index in [2.05, 4.69) is 23.6 Å². The molecule has 0 bridgehead atoms. The molecule has 2 fully saturated rings. The Morgan fingerprint density at radius 2 is 2.00 bits per heavy atom. The number of rotatable bonds is 2. The van der Waals surface area contributed by atoms with E-state index in [4.69, 9.17) is 0 Å². The second-order valence-corrected chi connectivity index (χ2v) is 6.27. The van der Waals surface area contributed by atoms with Crippen LogP contribution in [0.2, 0.25) is 0 Å². The molecule has 0 amide bonds. The van der Waals surface area contributed by atoms with Crippen LogP contribution in [0.3, 0.4) is 0 Å². The van der Waals surface area contributed by atoms with E-state index in [0.717, 1.165) is 24.1 Å². The first-order chi connectivity index (χ1) is 7.29. The van der Waals surface area contributed by atoms with Gasteiger partial charge in [-0.2, -0.15) is 11.8 Å². The molecule has 3 heteroatoms. The van der Waals surface area contributed by atoms with Crippen LogP contribution in [-0.4, -0.2) is 46.2 Å². The van der Waals surface area contributed by atoms with Gasteiger partial charge < -0.3 is 5.11 Å². The highest BCUT2D eigenvalue weighted by molar-refractivity contribution is 8.00. The summed E-state index contributed by atoms with van der Waals surface area (Å²) in [6.07, 6.45) is 5.75. The lowest BCUT2D eigenvalue weighted by Gasteiger charge is -2.40. The molecule has 1 aliphatic heterocycles. The Balaban J connectivity index is 1.82. The lowest BCUT2D eigenvalue weighted by atomic mass is 9.92. The van der Waals surface area contributed by atoms with Gasteiger partial charge in [0.15, 0.2) is 0 Å². The van der Waals surface area contributed by atoms with Crippen molar-refractivity contribution in [1.82, 2.24) is 4.90 Å². The Labute approximate surface area is 97.4 Å². The maximum Gasteiger partial charge on any atom is 0.0541 e. The van der Waals surface area contributed by atoms with Crippen molar-refractivity contribution >= 4 is 11.8 Å². The van der Waals surface area contributed by atoms with Gasteiger partial charge in [0.25, 0.3) is 0 Å². The molecule has 1 N–H and O–H groups in total. The van der Waals surface area contributed by atoms with Crippen LogP contribution >= 0.6 is 11.8 Å². The number of aliphatic hydroxyl groups excluding tert-OH is 1. The van der Waals surface area contributed by atoms with E-state index in [1.54, 1.807) is 0 Å². The zero-order valence-corrected chi connectivity index (χ0v) is 10.5. The van der Waals surface area contributed by atoms with Crippen molar-refractivity contribution in [3.8, 4) is 0 Å². The van der Waals surface area contributed by atoms with E-state index in [1.165, 1.54) is 38.1 Å². The summed E-state index contributed by atoms with van der Waals surface area (Å²) in [6.45, 7) is 4.84. The van der Waals surface area contributed by atoms with Gasteiger partial charge in [0.2, 0.25) is 0 Å². The molecule has 1 aliphatic carbocycles. The molecular weight excluding hydrogens is 206 g/mol. The molecule has 0 aromatic rings. The van der Waals surface area contributed by atoms with Crippen LogP contribution in [0, 0.1) is 0 Å². The third-order valence-corrected chi connectivity index (χ3v) is 5.18. The topological polar surface area (TPSA) is 23.5 Å². The average molecular weight is 229 g/mol. The van der Waals surface area contributed by atoms with Crippen molar-refractivity contribution in [3.63, 3.8) is 0 Å². The number of hydrogen-bond acceptors (Lipinski definition) is 3. The van der Waals surface area contributed by atoms with Gasteiger partial charge in [0.05, 0.1) is 6.10 Å². The van der Waals surface area contributed by atoms with Crippen LogP contribution in [0.15, 0.2) is 0 Å². The standard InChI is InChI=1S/C12H23NOS/c1-2-12-9-13(7-8-15-12)10-3-5-11(14)6-4-10/h10-12,14H,2-9H2,1H3. The van der Waals surface area contributed by atoms with Crippen molar-refractivity contribution in [3.05, 3.63) is 0 Å². The molecule has 1 unspecified atom stereocenters. The summed E-state index contributed by atoms with van der Waals surface area (Å²) in [5.41, 5.74) is 0. The van der Waals surface area contributed by atoms with E-state index < -0.39 is 0 Å². The second-order valence-electron chi connectivity index (χ2n) is 4.86. The summed E-state index contributed by atoms with van der Waals surface area (Å²) in [5, 5.41) is 10.4. The molecular formula is C12H23NOS. The van der Waals surface area contributed by atoms with Gasteiger partial charge in [-0.3, -0.25) is 4.90 Å². The number of aliphatic hydroxyl groups is 1. The normalized spacial score (nSPS) is 39.2. The van der Waals surface area contributed by atoms with Crippen molar-refractivity contribution in [1.29, 1.82) is 0 Å². The minimum absolute atomic E-state index is 0.0117. The van der Waals surface area contributed by atoms with Crippen LogP contribution < -0.4 is 0 Å². The maximum absolute atomic E-state index is 9.50. The molecule has 0 aromatic heterocycles. The van der Waals surface area contributed by atoms with Crippen molar-refractivity contribution in [2.24, 2.45) is 0 Å². The molecule has 1 saturated heterocycles. The van der Waals surface area contributed by atoms with E-state index in [9.17, 15) is 5.11 Å². The third-order valence-electron chi connectivity index (χ3n) is 3.81. The van der Waals surface area contributed by atoms with Crippen LogP contribution in [0.4, 0.5) is 0 Å². The summed E-state index contributed by atoms with van der Waals surface area (Å²) in [5.74, 6) is 1.30. The molecule has 1 atom stereocenters. The van der Waals surface area contributed by atoms with Crippen LogP contribution in [-0.2, 0) is 0 Å².